The first-order valence-electron chi connectivity index (χ1n) is 6.71. The lowest BCUT2D eigenvalue weighted by Gasteiger charge is -2.11. The summed E-state index contributed by atoms with van der Waals surface area (Å²) < 4.78 is 6.04. The second-order valence-electron chi connectivity index (χ2n) is 5.17. The molecule has 0 amide bonds. The smallest absolute Gasteiger partial charge is 0.248 e. The van der Waals surface area contributed by atoms with Gasteiger partial charge in [-0.15, -0.1) is 0 Å². The minimum absolute atomic E-state index is 0.0757. The Morgan fingerprint density at radius 2 is 2.32 bits per heavy atom. The van der Waals surface area contributed by atoms with Crippen LogP contribution in [0.1, 0.15) is 24.0 Å². The van der Waals surface area contributed by atoms with Crippen molar-refractivity contribution in [1.29, 1.82) is 0 Å². The molecular formula is C15H18N2O2. The molecule has 0 bridgehead atoms. The van der Waals surface area contributed by atoms with Crippen molar-refractivity contribution in [2.45, 2.75) is 32.3 Å². The summed E-state index contributed by atoms with van der Waals surface area (Å²) >= 11 is 0. The van der Waals surface area contributed by atoms with Gasteiger partial charge in [0.15, 0.2) is 0 Å². The van der Waals surface area contributed by atoms with Crippen LogP contribution in [0.5, 0.6) is 5.75 Å². The maximum Gasteiger partial charge on any atom is 0.248 e. The minimum atomic E-state index is -0.0757. The predicted octanol–water partition coefficient (Wildman–Crippen LogP) is 1.88. The Morgan fingerprint density at radius 1 is 1.47 bits per heavy atom. The SMILES string of the molecule is Cc1cc2c(c3ccc(=O)[nH]c13)OC(CCCN)C2. The van der Waals surface area contributed by atoms with Gasteiger partial charge < -0.3 is 15.5 Å². The molecule has 3 rings (SSSR count). The Morgan fingerprint density at radius 3 is 3.11 bits per heavy atom. The molecular weight excluding hydrogens is 240 g/mol. The van der Waals surface area contributed by atoms with E-state index in [-0.39, 0.29) is 11.7 Å². The van der Waals surface area contributed by atoms with Gasteiger partial charge in [-0.2, -0.15) is 0 Å². The number of rotatable bonds is 3. The molecule has 1 atom stereocenters. The van der Waals surface area contributed by atoms with E-state index in [0.717, 1.165) is 41.5 Å². The first-order valence-corrected chi connectivity index (χ1v) is 6.71. The molecule has 1 unspecified atom stereocenters. The molecule has 1 aromatic carbocycles. The molecule has 3 N–H and O–H groups in total. The number of aromatic amines is 1. The van der Waals surface area contributed by atoms with E-state index in [1.165, 1.54) is 5.56 Å². The maximum absolute atomic E-state index is 11.4. The first kappa shape index (κ1) is 12.2. The number of aromatic nitrogens is 1. The van der Waals surface area contributed by atoms with Crippen molar-refractivity contribution >= 4 is 10.9 Å². The fourth-order valence-electron chi connectivity index (χ4n) is 2.80. The zero-order valence-electron chi connectivity index (χ0n) is 11.0. The molecule has 0 spiro atoms. The summed E-state index contributed by atoms with van der Waals surface area (Å²) in [5.74, 6) is 0.930. The van der Waals surface area contributed by atoms with Gasteiger partial charge in [0.05, 0.1) is 5.52 Å². The molecule has 2 aromatic rings. The average Bonchev–Trinajstić information content (AvgIpc) is 2.79. The number of nitrogens with one attached hydrogen (secondary N) is 1. The van der Waals surface area contributed by atoms with E-state index in [2.05, 4.69) is 11.1 Å². The highest BCUT2D eigenvalue weighted by molar-refractivity contribution is 5.89. The summed E-state index contributed by atoms with van der Waals surface area (Å²) in [5, 5.41) is 1.00. The lowest BCUT2D eigenvalue weighted by molar-refractivity contribution is 0.221. The maximum atomic E-state index is 11.4. The standard InChI is InChI=1S/C15H18N2O2/c1-9-7-10-8-11(3-2-6-16)19-15(10)12-4-5-13(18)17-14(9)12/h4-5,7,11H,2-3,6,8,16H2,1H3,(H,17,18). The van der Waals surface area contributed by atoms with Gasteiger partial charge in [-0.25, -0.2) is 0 Å². The number of H-pyrrole nitrogens is 1. The summed E-state index contributed by atoms with van der Waals surface area (Å²) in [7, 11) is 0. The third-order valence-electron chi connectivity index (χ3n) is 3.70. The second-order valence-corrected chi connectivity index (χ2v) is 5.17. The van der Waals surface area contributed by atoms with Crippen LogP contribution in [-0.2, 0) is 6.42 Å². The van der Waals surface area contributed by atoms with Crippen LogP contribution in [0.3, 0.4) is 0 Å². The molecule has 4 nitrogen and oxygen atoms in total. The summed E-state index contributed by atoms with van der Waals surface area (Å²) in [5.41, 5.74) is 8.68. The quantitative estimate of drug-likeness (QED) is 0.883. The van der Waals surface area contributed by atoms with Crippen LogP contribution in [0.15, 0.2) is 23.0 Å². The Bertz CT molecular complexity index is 676. The zero-order chi connectivity index (χ0) is 13.4. The lowest BCUT2D eigenvalue weighted by atomic mass is 10.0. The van der Waals surface area contributed by atoms with Crippen LogP contribution >= 0.6 is 0 Å². The van der Waals surface area contributed by atoms with Crippen molar-refractivity contribution in [2.24, 2.45) is 5.73 Å². The van der Waals surface area contributed by atoms with Gasteiger partial charge in [-0.1, -0.05) is 6.07 Å². The van der Waals surface area contributed by atoms with Gasteiger partial charge in [0.1, 0.15) is 11.9 Å². The minimum Gasteiger partial charge on any atom is -0.489 e. The first-order chi connectivity index (χ1) is 9.19. The molecule has 0 fully saturated rings. The van der Waals surface area contributed by atoms with E-state index in [0.29, 0.717) is 6.54 Å². The fourth-order valence-corrected chi connectivity index (χ4v) is 2.80. The van der Waals surface area contributed by atoms with Crippen LogP contribution in [-0.4, -0.2) is 17.6 Å². The van der Waals surface area contributed by atoms with E-state index in [4.69, 9.17) is 10.5 Å². The highest BCUT2D eigenvalue weighted by atomic mass is 16.5. The Kier molecular flexibility index (Phi) is 3.03. The molecule has 2 heterocycles. The van der Waals surface area contributed by atoms with E-state index in [9.17, 15) is 4.79 Å². The topological polar surface area (TPSA) is 68.1 Å². The summed E-state index contributed by atoms with van der Waals surface area (Å²) in [6.07, 6.45) is 3.11. The summed E-state index contributed by atoms with van der Waals surface area (Å²) in [6.45, 7) is 2.72. The van der Waals surface area contributed by atoms with E-state index in [1.807, 2.05) is 13.0 Å². The normalized spacial score (nSPS) is 17.5. The van der Waals surface area contributed by atoms with Crippen molar-refractivity contribution in [1.82, 2.24) is 4.98 Å². The number of hydrogen-bond donors (Lipinski definition) is 2. The van der Waals surface area contributed by atoms with Crippen LogP contribution in [0.25, 0.3) is 10.9 Å². The molecule has 0 saturated carbocycles. The van der Waals surface area contributed by atoms with Crippen molar-refractivity contribution in [3.05, 3.63) is 39.7 Å². The van der Waals surface area contributed by atoms with Gasteiger partial charge >= 0.3 is 0 Å². The molecule has 1 aromatic heterocycles. The molecule has 1 aliphatic rings. The molecule has 0 saturated heterocycles. The monoisotopic (exact) mass is 258 g/mol. The number of hydrogen-bond acceptors (Lipinski definition) is 3. The lowest BCUT2D eigenvalue weighted by Crippen LogP contribution is -2.14. The van der Waals surface area contributed by atoms with Crippen LogP contribution in [0.2, 0.25) is 0 Å². The Hall–Kier alpha value is -1.81. The van der Waals surface area contributed by atoms with Gasteiger partial charge in [-0.3, -0.25) is 4.79 Å². The molecule has 0 aliphatic carbocycles. The Balaban J connectivity index is 2.05. The highest BCUT2D eigenvalue weighted by Gasteiger charge is 2.25. The number of aryl methyl sites for hydroxylation is 1. The Labute approximate surface area is 111 Å². The molecule has 1 aliphatic heterocycles. The summed E-state index contributed by atoms with van der Waals surface area (Å²) in [4.78, 5) is 14.3. The molecule has 100 valence electrons. The van der Waals surface area contributed by atoms with Gasteiger partial charge in [-0.05, 0) is 43.5 Å². The number of ether oxygens (including phenoxy) is 1. The van der Waals surface area contributed by atoms with E-state index >= 15 is 0 Å². The van der Waals surface area contributed by atoms with Crippen molar-refractivity contribution in [3.63, 3.8) is 0 Å². The molecule has 0 radical (unpaired) electrons. The zero-order valence-corrected chi connectivity index (χ0v) is 11.0. The van der Waals surface area contributed by atoms with Crippen LogP contribution in [0, 0.1) is 6.92 Å². The van der Waals surface area contributed by atoms with Gasteiger partial charge in [0.2, 0.25) is 5.56 Å². The average molecular weight is 258 g/mol. The third-order valence-corrected chi connectivity index (χ3v) is 3.70. The van der Waals surface area contributed by atoms with Gasteiger partial charge in [0.25, 0.3) is 0 Å². The number of benzene rings is 1. The largest absolute Gasteiger partial charge is 0.489 e. The number of pyridine rings is 1. The molecule has 19 heavy (non-hydrogen) atoms. The summed E-state index contributed by atoms with van der Waals surface area (Å²) in [6, 6.07) is 5.53. The predicted molar refractivity (Wildman–Crippen MR) is 75.7 cm³/mol. The second kappa shape index (κ2) is 4.70. The fraction of sp³-hybridized carbons (Fsp3) is 0.400. The third kappa shape index (κ3) is 2.12. The van der Waals surface area contributed by atoms with Gasteiger partial charge in [0, 0.05) is 17.9 Å². The van der Waals surface area contributed by atoms with Crippen LogP contribution < -0.4 is 16.0 Å². The van der Waals surface area contributed by atoms with Crippen molar-refractivity contribution in [3.8, 4) is 5.75 Å². The van der Waals surface area contributed by atoms with Crippen molar-refractivity contribution in [2.75, 3.05) is 6.54 Å². The molecule has 4 heteroatoms. The van der Waals surface area contributed by atoms with E-state index in [1.54, 1.807) is 6.07 Å². The van der Waals surface area contributed by atoms with Crippen molar-refractivity contribution < 1.29 is 4.74 Å². The van der Waals surface area contributed by atoms with Crippen LogP contribution in [0.4, 0.5) is 0 Å². The highest BCUT2D eigenvalue weighted by Crippen LogP contribution is 2.37. The van der Waals surface area contributed by atoms with E-state index < -0.39 is 0 Å². The number of nitrogens with two attached hydrogens (primary N) is 1. The number of fused-ring (bicyclic) bond motifs is 3.